The van der Waals surface area contributed by atoms with Crippen LogP contribution in [0, 0.1) is 17.8 Å². The number of nitrogens with zero attached hydrogens (tertiary/aromatic N) is 1. The Bertz CT molecular complexity index is 667. The van der Waals surface area contributed by atoms with Gasteiger partial charge in [0.1, 0.15) is 0 Å². The second-order valence-corrected chi connectivity index (χ2v) is 8.59. The van der Waals surface area contributed by atoms with Crippen molar-refractivity contribution in [3.05, 3.63) is 16.4 Å². The smallest absolute Gasteiger partial charge is 0.255 e. The number of carbonyl (C=O) groups excluding carboxylic acids is 1. The summed E-state index contributed by atoms with van der Waals surface area (Å²) in [4.78, 5) is 30.8. The quantitative estimate of drug-likeness (QED) is 0.627. The monoisotopic (exact) mass is 349 g/mol. The molecule has 0 unspecified atom stereocenters. The van der Waals surface area contributed by atoms with Crippen molar-refractivity contribution in [2.45, 2.75) is 49.2 Å². The van der Waals surface area contributed by atoms with Crippen LogP contribution in [0.5, 0.6) is 5.88 Å². The Morgan fingerprint density at radius 1 is 1.33 bits per heavy atom. The maximum atomic E-state index is 12.5. The molecular weight excluding hydrogens is 326 g/mol. The molecule has 0 aliphatic heterocycles. The van der Waals surface area contributed by atoms with E-state index in [1.165, 1.54) is 44.2 Å². The summed E-state index contributed by atoms with van der Waals surface area (Å²) in [6.07, 6.45) is 7.51. The van der Waals surface area contributed by atoms with Crippen LogP contribution in [-0.4, -0.2) is 34.3 Å². The van der Waals surface area contributed by atoms with Gasteiger partial charge in [-0.1, -0.05) is 11.8 Å². The maximum Gasteiger partial charge on any atom is 0.255 e. The number of nitrogens with one attached hydrogen (secondary N) is 2. The van der Waals surface area contributed by atoms with Crippen LogP contribution in [0.3, 0.4) is 0 Å². The van der Waals surface area contributed by atoms with E-state index in [-0.39, 0.29) is 28.6 Å². The molecule has 4 aliphatic carbocycles. The van der Waals surface area contributed by atoms with Crippen molar-refractivity contribution in [1.82, 2.24) is 15.3 Å². The van der Waals surface area contributed by atoms with E-state index in [1.54, 1.807) is 0 Å². The zero-order chi connectivity index (χ0) is 16.7. The lowest BCUT2D eigenvalue weighted by molar-refractivity contribution is -0.124. The molecule has 0 aromatic carbocycles. The molecule has 4 aliphatic rings. The summed E-state index contributed by atoms with van der Waals surface area (Å²) < 4.78 is 4.99. The van der Waals surface area contributed by atoms with Crippen LogP contribution in [0.25, 0.3) is 0 Å². The fraction of sp³-hybridized carbons (Fsp3) is 0.706. The number of methoxy groups -OCH3 is 1. The minimum Gasteiger partial charge on any atom is -0.481 e. The minimum absolute atomic E-state index is 0.0294. The van der Waals surface area contributed by atoms with Gasteiger partial charge in [0, 0.05) is 5.54 Å². The van der Waals surface area contributed by atoms with Gasteiger partial charge in [0.05, 0.1) is 18.9 Å². The first-order valence-electron chi connectivity index (χ1n) is 8.63. The molecule has 5 rings (SSSR count). The third-order valence-corrected chi connectivity index (χ3v) is 6.56. The number of rotatable bonds is 5. The Morgan fingerprint density at radius 2 is 1.96 bits per heavy atom. The largest absolute Gasteiger partial charge is 0.481 e. The fourth-order valence-corrected chi connectivity index (χ4v) is 5.98. The summed E-state index contributed by atoms with van der Waals surface area (Å²) in [7, 11) is 1.47. The minimum atomic E-state index is -0.272. The van der Waals surface area contributed by atoms with Crippen molar-refractivity contribution in [2.75, 3.05) is 12.9 Å². The highest BCUT2D eigenvalue weighted by Gasteiger charge is 2.51. The van der Waals surface area contributed by atoms with Crippen LogP contribution in [0.4, 0.5) is 0 Å². The first-order valence-corrected chi connectivity index (χ1v) is 9.61. The number of ether oxygens (including phenoxy) is 1. The molecule has 2 N–H and O–H groups in total. The maximum absolute atomic E-state index is 12.5. The third kappa shape index (κ3) is 3.18. The Labute approximate surface area is 145 Å². The molecule has 4 saturated carbocycles. The Morgan fingerprint density at radius 3 is 2.54 bits per heavy atom. The van der Waals surface area contributed by atoms with E-state index in [1.807, 2.05) is 0 Å². The lowest BCUT2D eigenvalue weighted by Gasteiger charge is -2.56. The van der Waals surface area contributed by atoms with Gasteiger partial charge in [0.2, 0.25) is 11.8 Å². The fourth-order valence-electron chi connectivity index (χ4n) is 5.32. The van der Waals surface area contributed by atoms with Gasteiger partial charge in [-0.05, 0) is 56.3 Å². The number of carbonyl (C=O) groups is 1. The molecule has 0 atom stereocenters. The van der Waals surface area contributed by atoms with Crippen molar-refractivity contribution in [2.24, 2.45) is 17.8 Å². The van der Waals surface area contributed by atoms with Gasteiger partial charge in [-0.25, -0.2) is 0 Å². The Hall–Kier alpha value is -1.50. The molecule has 4 fully saturated rings. The number of aromatic nitrogens is 2. The van der Waals surface area contributed by atoms with Crippen molar-refractivity contribution in [3.8, 4) is 5.88 Å². The van der Waals surface area contributed by atoms with Gasteiger partial charge in [-0.15, -0.1) is 0 Å². The average Bonchev–Trinajstić information content (AvgIpc) is 2.50. The number of hydrogen-bond acceptors (Lipinski definition) is 5. The van der Waals surface area contributed by atoms with Gasteiger partial charge in [0.25, 0.3) is 5.56 Å². The molecule has 1 heterocycles. The number of aromatic amines is 1. The predicted octanol–water partition coefficient (Wildman–Crippen LogP) is 1.96. The van der Waals surface area contributed by atoms with Gasteiger partial charge < -0.3 is 15.0 Å². The molecular formula is C17H23N3O3S. The number of amides is 1. The van der Waals surface area contributed by atoms with Gasteiger partial charge in [-0.3, -0.25) is 9.59 Å². The Kier molecular flexibility index (Phi) is 4.06. The van der Waals surface area contributed by atoms with E-state index in [2.05, 4.69) is 15.3 Å². The van der Waals surface area contributed by atoms with Crippen LogP contribution < -0.4 is 15.6 Å². The first-order chi connectivity index (χ1) is 11.5. The van der Waals surface area contributed by atoms with Crippen LogP contribution in [0.15, 0.2) is 16.0 Å². The standard InChI is InChI=1S/C17H23N3O3S/c1-23-15-5-13(21)18-16(19-15)24-9-14(22)20-17-6-10-2-11(7-17)4-12(3-10)8-17/h5,10-12H,2-4,6-9H2,1H3,(H,20,22)(H,18,19,21). The predicted molar refractivity (Wildman–Crippen MR) is 91.2 cm³/mol. The number of H-pyrrole nitrogens is 1. The van der Waals surface area contributed by atoms with Crippen LogP contribution in [0.2, 0.25) is 0 Å². The van der Waals surface area contributed by atoms with E-state index in [0.717, 1.165) is 37.0 Å². The Balaban J connectivity index is 1.37. The molecule has 1 aromatic rings. The second-order valence-electron chi connectivity index (χ2n) is 7.63. The number of hydrogen-bond donors (Lipinski definition) is 2. The zero-order valence-electron chi connectivity index (χ0n) is 13.8. The van der Waals surface area contributed by atoms with Gasteiger partial charge in [0.15, 0.2) is 5.16 Å². The summed E-state index contributed by atoms with van der Waals surface area (Å²) in [5, 5.41) is 3.74. The molecule has 0 saturated heterocycles. The normalized spacial score (nSPS) is 33.5. The van der Waals surface area contributed by atoms with Crippen molar-refractivity contribution in [3.63, 3.8) is 0 Å². The van der Waals surface area contributed by atoms with Crippen molar-refractivity contribution in [1.29, 1.82) is 0 Å². The highest BCUT2D eigenvalue weighted by Crippen LogP contribution is 2.55. The molecule has 6 nitrogen and oxygen atoms in total. The second kappa shape index (κ2) is 6.10. The molecule has 24 heavy (non-hydrogen) atoms. The van der Waals surface area contributed by atoms with E-state index in [0.29, 0.717) is 5.16 Å². The molecule has 130 valence electrons. The van der Waals surface area contributed by atoms with Crippen molar-refractivity contribution < 1.29 is 9.53 Å². The van der Waals surface area contributed by atoms with E-state index in [9.17, 15) is 9.59 Å². The summed E-state index contributed by atoms with van der Waals surface area (Å²) >= 11 is 1.24. The molecule has 0 spiro atoms. The summed E-state index contributed by atoms with van der Waals surface area (Å²) in [6, 6.07) is 1.29. The topological polar surface area (TPSA) is 84.1 Å². The summed E-state index contributed by atoms with van der Waals surface area (Å²) in [5.41, 5.74) is -0.243. The highest BCUT2D eigenvalue weighted by atomic mass is 32.2. The van der Waals surface area contributed by atoms with E-state index in [4.69, 9.17) is 4.74 Å². The molecule has 0 radical (unpaired) electrons. The summed E-state index contributed by atoms with van der Waals surface area (Å²) in [6.45, 7) is 0. The SMILES string of the molecule is COc1cc(=O)[nH]c(SCC(=O)NC23CC4CC(CC(C4)C2)C3)n1. The first kappa shape index (κ1) is 16.0. The van der Waals surface area contributed by atoms with Crippen LogP contribution in [-0.2, 0) is 4.79 Å². The van der Waals surface area contributed by atoms with Crippen molar-refractivity contribution >= 4 is 17.7 Å². The summed E-state index contributed by atoms with van der Waals surface area (Å²) in [5.74, 6) is 2.98. The average molecular weight is 349 g/mol. The van der Waals surface area contributed by atoms with Gasteiger partial charge >= 0.3 is 0 Å². The van der Waals surface area contributed by atoms with E-state index < -0.39 is 0 Å². The van der Waals surface area contributed by atoms with Crippen LogP contribution in [0.1, 0.15) is 38.5 Å². The molecule has 4 bridgehead atoms. The zero-order valence-corrected chi connectivity index (χ0v) is 14.7. The lowest BCUT2D eigenvalue weighted by atomic mass is 9.53. The molecule has 1 amide bonds. The lowest BCUT2D eigenvalue weighted by Crippen LogP contribution is -2.60. The van der Waals surface area contributed by atoms with E-state index >= 15 is 0 Å². The molecule has 1 aromatic heterocycles. The van der Waals surface area contributed by atoms with Gasteiger partial charge in [-0.2, -0.15) is 4.98 Å². The number of thioether (sulfide) groups is 1. The van der Waals surface area contributed by atoms with Crippen LogP contribution >= 0.6 is 11.8 Å². The third-order valence-electron chi connectivity index (χ3n) is 5.69. The molecule has 7 heteroatoms. The highest BCUT2D eigenvalue weighted by molar-refractivity contribution is 7.99.